The van der Waals surface area contributed by atoms with Crippen molar-refractivity contribution in [1.29, 1.82) is 0 Å². The molecule has 0 bridgehead atoms. The minimum absolute atomic E-state index is 0.0944. The van der Waals surface area contributed by atoms with Crippen molar-refractivity contribution in [3.05, 3.63) is 30.3 Å². The summed E-state index contributed by atoms with van der Waals surface area (Å²) < 4.78 is 12.5. The summed E-state index contributed by atoms with van der Waals surface area (Å²) in [6.07, 6.45) is 0. The first kappa shape index (κ1) is 13.4. The molecule has 1 fully saturated rings. The Morgan fingerprint density at radius 2 is 1.94 bits per heavy atom. The summed E-state index contributed by atoms with van der Waals surface area (Å²) in [6.45, 7) is 7.95. The van der Waals surface area contributed by atoms with Gasteiger partial charge in [-0.05, 0) is 30.9 Å². The Bertz CT molecular complexity index is 357. The van der Waals surface area contributed by atoms with Crippen molar-refractivity contribution in [1.82, 2.24) is 0 Å². The zero-order valence-electron chi connectivity index (χ0n) is 11.0. The van der Waals surface area contributed by atoms with Crippen LogP contribution in [-0.2, 0) is 8.54 Å². The maximum atomic E-state index is 6.75. The lowest BCUT2D eigenvalue weighted by Gasteiger charge is -2.40. The highest BCUT2D eigenvalue weighted by atomic mass is 29.6. The van der Waals surface area contributed by atoms with Gasteiger partial charge in [-0.3, -0.25) is 0 Å². The van der Waals surface area contributed by atoms with E-state index >= 15 is 0 Å². The minimum atomic E-state index is -1.56. The molecule has 0 spiro atoms. The summed E-state index contributed by atoms with van der Waals surface area (Å²) in [5.74, 6) is 0. The van der Waals surface area contributed by atoms with Crippen LogP contribution in [0.1, 0.15) is 0 Å². The Labute approximate surface area is 110 Å². The van der Waals surface area contributed by atoms with E-state index in [4.69, 9.17) is 8.54 Å². The van der Waals surface area contributed by atoms with Crippen molar-refractivity contribution >= 4 is 39.2 Å². The van der Waals surface area contributed by atoms with Crippen LogP contribution < -0.4 is 5.19 Å². The normalized spacial score (nSPS) is 28.6. The van der Waals surface area contributed by atoms with E-state index in [0.29, 0.717) is 0 Å². The van der Waals surface area contributed by atoms with Crippen LogP contribution in [0.4, 0.5) is 0 Å². The third kappa shape index (κ3) is 3.49. The van der Waals surface area contributed by atoms with Gasteiger partial charge >= 0.3 is 0 Å². The van der Waals surface area contributed by atoms with Crippen LogP contribution in [-0.4, -0.2) is 40.6 Å². The molecule has 0 aromatic heterocycles. The fraction of sp³-hybridized carbons (Fsp3) is 0.455. The number of benzene rings is 1. The average molecular weight is 299 g/mol. The molecular formula is C11H22O2Si4. The molecule has 2 rings (SSSR count). The van der Waals surface area contributed by atoms with E-state index in [1.807, 2.05) is 0 Å². The Morgan fingerprint density at radius 1 is 1.24 bits per heavy atom. The summed E-state index contributed by atoms with van der Waals surface area (Å²) in [7, 11) is -3.30. The van der Waals surface area contributed by atoms with Crippen LogP contribution in [0.25, 0.3) is 0 Å². The molecule has 94 valence electrons. The molecule has 0 radical (unpaired) electrons. The van der Waals surface area contributed by atoms with Crippen LogP contribution >= 0.6 is 0 Å². The molecule has 1 aromatic rings. The van der Waals surface area contributed by atoms with Crippen LogP contribution in [0.5, 0.6) is 0 Å². The molecule has 0 aliphatic carbocycles. The molecule has 17 heavy (non-hydrogen) atoms. The molecular weight excluding hydrogens is 276 g/mol. The van der Waals surface area contributed by atoms with Gasteiger partial charge in [-0.1, -0.05) is 30.3 Å². The van der Waals surface area contributed by atoms with Crippen molar-refractivity contribution in [3.63, 3.8) is 0 Å². The molecule has 1 aliphatic heterocycles. The van der Waals surface area contributed by atoms with Crippen molar-refractivity contribution in [2.45, 2.75) is 25.7 Å². The van der Waals surface area contributed by atoms with Gasteiger partial charge in [0, 0.05) is 6.61 Å². The fourth-order valence-corrected chi connectivity index (χ4v) is 33.1. The zero-order valence-corrected chi connectivity index (χ0v) is 15.9. The Morgan fingerprint density at radius 3 is 2.47 bits per heavy atom. The summed E-state index contributed by atoms with van der Waals surface area (Å²) in [5.41, 5.74) is 0. The van der Waals surface area contributed by atoms with Crippen molar-refractivity contribution < 1.29 is 8.54 Å². The second-order valence-electron chi connectivity index (χ2n) is 5.69. The fourth-order valence-electron chi connectivity index (χ4n) is 2.48. The highest BCUT2D eigenvalue weighted by Gasteiger charge is 2.42. The zero-order chi connectivity index (χ0) is 12.4. The molecule has 0 amide bonds. The van der Waals surface area contributed by atoms with E-state index in [1.54, 1.807) is 5.19 Å². The van der Waals surface area contributed by atoms with E-state index in [1.165, 1.54) is 6.04 Å². The molecule has 1 aromatic carbocycles. The van der Waals surface area contributed by atoms with Gasteiger partial charge in [0.15, 0.2) is 16.2 Å². The molecule has 1 unspecified atom stereocenters. The number of hydrogen-bond acceptors (Lipinski definition) is 2. The first-order chi connectivity index (χ1) is 8.02. The monoisotopic (exact) mass is 298 g/mol. The van der Waals surface area contributed by atoms with Gasteiger partial charge in [0.05, 0.1) is 8.55 Å². The molecule has 2 nitrogen and oxygen atoms in total. The van der Waals surface area contributed by atoms with E-state index in [9.17, 15) is 0 Å². The van der Waals surface area contributed by atoms with Gasteiger partial charge in [0.2, 0.25) is 0 Å². The lowest BCUT2D eigenvalue weighted by Crippen LogP contribution is -2.65. The van der Waals surface area contributed by atoms with Crippen molar-refractivity contribution in [3.8, 4) is 0 Å². The summed E-state index contributed by atoms with van der Waals surface area (Å²) >= 11 is 0. The van der Waals surface area contributed by atoms with E-state index < -0.39 is 16.2 Å². The highest BCUT2D eigenvalue weighted by molar-refractivity contribution is 7.45. The average Bonchev–Trinajstić information content (AvgIpc) is 2.29. The summed E-state index contributed by atoms with van der Waals surface area (Å²) in [5, 5.41) is 1.55. The number of hydrogen-bond donors (Lipinski definition) is 0. The third-order valence-electron chi connectivity index (χ3n) is 3.10. The maximum Gasteiger partial charge on any atom is 0.191 e. The van der Waals surface area contributed by atoms with Gasteiger partial charge in [-0.15, -0.1) is 0 Å². The van der Waals surface area contributed by atoms with Crippen LogP contribution in [0.2, 0.25) is 25.7 Å². The van der Waals surface area contributed by atoms with Gasteiger partial charge < -0.3 is 8.54 Å². The SMILES string of the molecule is C[Si](C)(C)O[Si]1(c2ccccc2)CCO[SiH2][SiH2]1. The Balaban J connectivity index is 2.30. The van der Waals surface area contributed by atoms with Gasteiger partial charge in [0.25, 0.3) is 0 Å². The predicted octanol–water partition coefficient (Wildman–Crippen LogP) is 0.385. The van der Waals surface area contributed by atoms with Crippen molar-refractivity contribution in [2.24, 2.45) is 0 Å². The van der Waals surface area contributed by atoms with Crippen molar-refractivity contribution in [2.75, 3.05) is 6.61 Å². The van der Waals surface area contributed by atoms with Gasteiger partial charge in [-0.2, -0.15) is 0 Å². The topological polar surface area (TPSA) is 18.5 Å². The summed E-state index contributed by atoms with van der Waals surface area (Å²) in [6, 6.07) is 12.3. The van der Waals surface area contributed by atoms with E-state index in [0.717, 1.165) is 6.61 Å². The summed E-state index contributed by atoms with van der Waals surface area (Å²) in [4.78, 5) is 0. The number of rotatable bonds is 3. The molecule has 6 heteroatoms. The first-order valence-electron chi connectivity index (χ1n) is 6.35. The van der Waals surface area contributed by atoms with Gasteiger partial charge in [-0.25, -0.2) is 0 Å². The maximum absolute atomic E-state index is 6.75. The molecule has 1 heterocycles. The molecule has 0 N–H and O–H groups in total. The second-order valence-corrected chi connectivity index (χ2v) is 25.8. The Hall–Kier alpha value is 0.00753. The highest BCUT2D eigenvalue weighted by Crippen LogP contribution is 2.20. The van der Waals surface area contributed by atoms with Crippen LogP contribution in [0.3, 0.4) is 0 Å². The third-order valence-corrected chi connectivity index (χ3v) is 27.7. The molecule has 1 saturated heterocycles. The quantitative estimate of drug-likeness (QED) is 0.752. The smallest absolute Gasteiger partial charge is 0.191 e. The molecule has 1 aliphatic rings. The van der Waals surface area contributed by atoms with Crippen LogP contribution in [0, 0.1) is 0 Å². The lowest BCUT2D eigenvalue weighted by molar-refractivity contribution is 0.358. The minimum Gasteiger partial charge on any atom is -0.455 e. The predicted molar refractivity (Wildman–Crippen MR) is 84.1 cm³/mol. The van der Waals surface area contributed by atoms with Gasteiger partial charge in [0.1, 0.15) is 9.28 Å². The lowest BCUT2D eigenvalue weighted by atomic mass is 10.4. The second kappa shape index (κ2) is 5.33. The van der Waals surface area contributed by atoms with Crippen LogP contribution in [0.15, 0.2) is 30.3 Å². The largest absolute Gasteiger partial charge is 0.455 e. The van der Waals surface area contributed by atoms with E-state index in [2.05, 4.69) is 50.0 Å². The Kier molecular flexibility index (Phi) is 4.21. The molecule has 1 atom stereocenters. The standard InChI is InChI=1S/C11H22O2Si4/c1-16(2,3)13-17(10-9-12-14-15-17)11-7-5-4-6-8-11/h4-8H,9-10,14-15H2,1-3H3. The van der Waals surface area contributed by atoms with E-state index in [-0.39, 0.29) is 17.8 Å². The first-order valence-corrected chi connectivity index (χ1v) is 18.8. The molecule has 0 saturated carbocycles.